The number of halogens is 1. The largest absolute Gasteiger partial charge is 0.462 e. The lowest BCUT2D eigenvalue weighted by Crippen LogP contribution is -2.36. The van der Waals surface area contributed by atoms with Gasteiger partial charge in [-0.25, -0.2) is 9.59 Å². The molecule has 0 spiro atoms. The zero-order valence-electron chi connectivity index (χ0n) is 11.4. The molecule has 1 rings (SSSR count). The highest BCUT2D eigenvalue weighted by molar-refractivity contribution is 6.34. The molecule has 6 heteroatoms. The molecule has 0 atom stereocenters. The Morgan fingerprint density at radius 1 is 1.26 bits per heavy atom. The first-order valence-electron chi connectivity index (χ1n) is 5.80. The number of nitrogens with zero attached hydrogens (tertiary/aromatic N) is 2. The van der Waals surface area contributed by atoms with Gasteiger partial charge in [-0.1, -0.05) is 11.6 Å². The van der Waals surface area contributed by atoms with Crippen molar-refractivity contribution in [3.8, 4) is 0 Å². The van der Waals surface area contributed by atoms with Gasteiger partial charge < -0.3 is 9.64 Å². The number of urea groups is 1. The molecule has 0 aromatic heterocycles. The number of benzene rings is 1. The SMILES string of the molecule is CCOC(=O)c1ccc(N(C)C(=O)N(C)C)cc1Cl. The van der Waals surface area contributed by atoms with Crippen LogP contribution in [0.25, 0.3) is 0 Å². The second-order valence-corrected chi connectivity index (χ2v) is 4.53. The fourth-order valence-electron chi connectivity index (χ4n) is 1.50. The van der Waals surface area contributed by atoms with Gasteiger partial charge in [0.05, 0.1) is 17.2 Å². The van der Waals surface area contributed by atoms with E-state index in [0.717, 1.165) is 0 Å². The number of hydrogen-bond donors (Lipinski definition) is 0. The quantitative estimate of drug-likeness (QED) is 0.802. The Morgan fingerprint density at radius 3 is 2.37 bits per heavy atom. The van der Waals surface area contributed by atoms with Gasteiger partial charge in [0.25, 0.3) is 0 Å². The van der Waals surface area contributed by atoms with E-state index in [0.29, 0.717) is 5.69 Å². The highest BCUT2D eigenvalue weighted by Gasteiger charge is 2.16. The third-order valence-corrected chi connectivity index (χ3v) is 2.82. The lowest BCUT2D eigenvalue weighted by molar-refractivity contribution is 0.0526. The number of hydrogen-bond acceptors (Lipinski definition) is 3. The summed E-state index contributed by atoms with van der Waals surface area (Å²) in [5, 5.41) is 0.259. The number of anilines is 1. The van der Waals surface area contributed by atoms with Gasteiger partial charge in [-0.05, 0) is 25.1 Å². The van der Waals surface area contributed by atoms with Crippen LogP contribution in [0, 0.1) is 0 Å². The molecule has 0 saturated carbocycles. The van der Waals surface area contributed by atoms with Gasteiger partial charge in [0.2, 0.25) is 0 Å². The van der Waals surface area contributed by atoms with E-state index in [-0.39, 0.29) is 23.2 Å². The van der Waals surface area contributed by atoms with Crippen LogP contribution >= 0.6 is 11.6 Å². The van der Waals surface area contributed by atoms with Crippen LogP contribution in [-0.2, 0) is 4.74 Å². The summed E-state index contributed by atoms with van der Waals surface area (Å²) < 4.78 is 4.88. The van der Waals surface area contributed by atoms with Crippen molar-refractivity contribution in [1.29, 1.82) is 0 Å². The average molecular weight is 285 g/mol. The standard InChI is InChI=1S/C13H17ClN2O3/c1-5-19-12(17)10-7-6-9(8-11(10)14)16(4)13(18)15(2)3/h6-8H,5H2,1-4H3. The Bertz CT molecular complexity index is 489. The average Bonchev–Trinajstić information content (AvgIpc) is 2.36. The minimum atomic E-state index is -0.472. The Hall–Kier alpha value is -1.75. The molecular formula is C13H17ClN2O3. The third-order valence-electron chi connectivity index (χ3n) is 2.50. The fourth-order valence-corrected chi connectivity index (χ4v) is 1.75. The zero-order chi connectivity index (χ0) is 14.6. The van der Waals surface area contributed by atoms with Crippen molar-refractivity contribution in [2.24, 2.45) is 0 Å². The molecule has 0 aliphatic heterocycles. The van der Waals surface area contributed by atoms with Crippen LogP contribution in [0.5, 0.6) is 0 Å². The Kier molecular flexibility index (Phi) is 5.18. The molecule has 0 unspecified atom stereocenters. The maximum absolute atomic E-state index is 11.8. The molecule has 0 heterocycles. The number of ether oxygens (including phenoxy) is 1. The first kappa shape index (κ1) is 15.3. The summed E-state index contributed by atoms with van der Waals surface area (Å²) in [6.07, 6.45) is 0. The molecule has 104 valence electrons. The monoisotopic (exact) mass is 284 g/mol. The summed E-state index contributed by atoms with van der Waals surface area (Å²) in [7, 11) is 4.96. The van der Waals surface area contributed by atoms with Crippen LogP contribution in [0.4, 0.5) is 10.5 Å². The molecular weight excluding hydrogens is 268 g/mol. The topological polar surface area (TPSA) is 49.9 Å². The van der Waals surface area contributed by atoms with E-state index in [1.165, 1.54) is 9.80 Å². The van der Waals surface area contributed by atoms with E-state index in [1.807, 2.05) is 0 Å². The molecule has 5 nitrogen and oxygen atoms in total. The van der Waals surface area contributed by atoms with Crippen LogP contribution in [0.15, 0.2) is 18.2 Å². The fraction of sp³-hybridized carbons (Fsp3) is 0.385. The van der Waals surface area contributed by atoms with Crippen LogP contribution in [0.1, 0.15) is 17.3 Å². The van der Waals surface area contributed by atoms with Crippen molar-refractivity contribution in [1.82, 2.24) is 4.90 Å². The van der Waals surface area contributed by atoms with Crippen LogP contribution in [0.3, 0.4) is 0 Å². The van der Waals surface area contributed by atoms with Gasteiger partial charge in [-0.3, -0.25) is 4.90 Å². The second-order valence-electron chi connectivity index (χ2n) is 4.12. The number of rotatable bonds is 3. The van der Waals surface area contributed by atoms with Crippen molar-refractivity contribution < 1.29 is 14.3 Å². The highest BCUT2D eigenvalue weighted by Crippen LogP contribution is 2.24. The minimum Gasteiger partial charge on any atom is -0.462 e. The van der Waals surface area contributed by atoms with Crippen LogP contribution in [-0.4, -0.2) is 44.7 Å². The molecule has 19 heavy (non-hydrogen) atoms. The summed E-state index contributed by atoms with van der Waals surface area (Å²) in [6.45, 7) is 2.01. The predicted molar refractivity (Wildman–Crippen MR) is 74.9 cm³/mol. The van der Waals surface area contributed by atoms with Gasteiger partial charge in [-0.2, -0.15) is 0 Å². The van der Waals surface area contributed by atoms with E-state index in [4.69, 9.17) is 16.3 Å². The predicted octanol–water partition coefficient (Wildman–Crippen LogP) is 2.63. The van der Waals surface area contributed by atoms with Crippen molar-refractivity contribution in [2.75, 3.05) is 32.6 Å². The summed E-state index contributed by atoms with van der Waals surface area (Å²) in [5.41, 5.74) is 0.898. The summed E-state index contributed by atoms with van der Waals surface area (Å²) in [4.78, 5) is 26.3. The molecule has 1 aromatic rings. The van der Waals surface area contributed by atoms with Crippen LogP contribution < -0.4 is 4.90 Å². The number of esters is 1. The molecule has 0 aliphatic rings. The second kappa shape index (κ2) is 6.43. The van der Waals surface area contributed by atoms with Crippen molar-refractivity contribution >= 4 is 29.3 Å². The van der Waals surface area contributed by atoms with Crippen molar-refractivity contribution in [3.05, 3.63) is 28.8 Å². The molecule has 0 bridgehead atoms. The van der Waals surface area contributed by atoms with Crippen LogP contribution in [0.2, 0.25) is 5.02 Å². The van der Waals surface area contributed by atoms with Crippen molar-refractivity contribution in [2.45, 2.75) is 6.92 Å². The van der Waals surface area contributed by atoms with E-state index in [1.54, 1.807) is 46.3 Å². The number of carbonyl (C=O) groups excluding carboxylic acids is 2. The maximum Gasteiger partial charge on any atom is 0.339 e. The lowest BCUT2D eigenvalue weighted by Gasteiger charge is -2.22. The summed E-state index contributed by atoms with van der Waals surface area (Å²) in [5.74, 6) is -0.472. The Morgan fingerprint density at radius 2 is 1.89 bits per heavy atom. The van der Waals surface area contributed by atoms with E-state index < -0.39 is 5.97 Å². The molecule has 1 aromatic carbocycles. The minimum absolute atomic E-state index is 0.181. The van der Waals surface area contributed by atoms with Crippen molar-refractivity contribution in [3.63, 3.8) is 0 Å². The first-order chi connectivity index (χ1) is 8.88. The summed E-state index contributed by atoms with van der Waals surface area (Å²) in [6, 6.07) is 4.59. The molecule has 0 fully saturated rings. The maximum atomic E-state index is 11.8. The van der Waals surface area contributed by atoms with Gasteiger partial charge in [0.1, 0.15) is 0 Å². The lowest BCUT2D eigenvalue weighted by atomic mass is 10.2. The van der Waals surface area contributed by atoms with Gasteiger partial charge in [0.15, 0.2) is 0 Å². The number of amides is 2. The van der Waals surface area contributed by atoms with E-state index in [2.05, 4.69) is 0 Å². The third kappa shape index (κ3) is 3.61. The molecule has 0 N–H and O–H groups in total. The van der Waals surface area contributed by atoms with Gasteiger partial charge in [0, 0.05) is 26.8 Å². The molecule has 0 radical (unpaired) electrons. The highest BCUT2D eigenvalue weighted by atomic mass is 35.5. The van der Waals surface area contributed by atoms with Gasteiger partial charge >= 0.3 is 12.0 Å². The smallest absolute Gasteiger partial charge is 0.339 e. The molecule has 0 saturated heterocycles. The Labute approximate surface area is 117 Å². The van der Waals surface area contributed by atoms with E-state index in [9.17, 15) is 9.59 Å². The molecule has 0 aliphatic carbocycles. The van der Waals surface area contributed by atoms with Gasteiger partial charge in [-0.15, -0.1) is 0 Å². The first-order valence-corrected chi connectivity index (χ1v) is 6.18. The summed E-state index contributed by atoms with van der Waals surface area (Å²) >= 11 is 6.04. The Balaban J connectivity index is 3.00. The normalized spacial score (nSPS) is 9.95. The van der Waals surface area contributed by atoms with E-state index >= 15 is 0 Å². The zero-order valence-corrected chi connectivity index (χ0v) is 12.2. The number of carbonyl (C=O) groups is 2. The molecule has 2 amide bonds.